The van der Waals surface area contributed by atoms with Gasteiger partial charge in [0.2, 0.25) is 0 Å². The van der Waals surface area contributed by atoms with Crippen LogP contribution in [0.15, 0.2) is 90.2 Å². The summed E-state index contributed by atoms with van der Waals surface area (Å²) in [6, 6.07) is 20.9. The summed E-state index contributed by atoms with van der Waals surface area (Å²) < 4.78 is 14.6. The normalized spacial score (nSPS) is 10.9. The first kappa shape index (κ1) is 20.7. The van der Waals surface area contributed by atoms with Crippen molar-refractivity contribution in [2.24, 2.45) is 5.10 Å². The summed E-state index contributed by atoms with van der Waals surface area (Å²) in [7, 11) is 0. The molecule has 0 saturated carbocycles. The van der Waals surface area contributed by atoms with Crippen LogP contribution in [0.4, 0.5) is 4.39 Å². The van der Waals surface area contributed by atoms with Crippen molar-refractivity contribution >= 4 is 18.1 Å². The molecular weight excluding hydrogens is 411 g/mol. The summed E-state index contributed by atoms with van der Waals surface area (Å²) in [5.41, 5.74) is 5.66. The van der Waals surface area contributed by atoms with Gasteiger partial charge in [-0.3, -0.25) is 4.79 Å². The van der Waals surface area contributed by atoms with Crippen molar-refractivity contribution in [3.05, 3.63) is 108 Å². The van der Waals surface area contributed by atoms with Gasteiger partial charge in [0.15, 0.2) is 0 Å². The Morgan fingerprint density at radius 1 is 0.938 bits per heavy atom. The number of benzene rings is 3. The summed E-state index contributed by atoms with van der Waals surface area (Å²) in [4.78, 5) is 23.3. The van der Waals surface area contributed by atoms with Crippen LogP contribution in [0.2, 0.25) is 0 Å². The second kappa shape index (κ2) is 9.05. The third kappa shape index (κ3) is 4.59. The van der Waals surface area contributed by atoms with Crippen LogP contribution in [0, 0.1) is 5.82 Å². The lowest BCUT2D eigenvalue weighted by Gasteiger charge is -2.02. The Labute approximate surface area is 182 Å². The maximum atomic E-state index is 13.0. The summed E-state index contributed by atoms with van der Waals surface area (Å²) >= 11 is 0. The van der Waals surface area contributed by atoms with Gasteiger partial charge < -0.3 is 5.11 Å². The number of amides is 1. The number of aromatic carboxylic acids is 1. The predicted molar refractivity (Wildman–Crippen MR) is 117 cm³/mol. The third-order valence-electron chi connectivity index (χ3n) is 4.64. The maximum absolute atomic E-state index is 13.0. The molecule has 158 valence electrons. The van der Waals surface area contributed by atoms with E-state index in [0.29, 0.717) is 16.9 Å². The molecule has 0 saturated heterocycles. The molecule has 0 aliphatic rings. The monoisotopic (exact) mass is 428 g/mol. The number of hydrogen-bond donors (Lipinski definition) is 2. The number of nitrogens with one attached hydrogen (secondary N) is 1. The van der Waals surface area contributed by atoms with Crippen molar-refractivity contribution in [3.8, 4) is 16.9 Å². The highest BCUT2D eigenvalue weighted by atomic mass is 19.1. The fourth-order valence-electron chi connectivity index (χ4n) is 3.02. The molecule has 2 N–H and O–H groups in total. The molecule has 0 aliphatic heterocycles. The zero-order valence-corrected chi connectivity index (χ0v) is 16.6. The Morgan fingerprint density at radius 2 is 1.59 bits per heavy atom. The third-order valence-corrected chi connectivity index (χ3v) is 4.64. The highest BCUT2D eigenvalue weighted by Crippen LogP contribution is 2.22. The molecular formula is C24H17FN4O3. The number of carbonyl (C=O) groups is 2. The van der Waals surface area contributed by atoms with Crippen molar-refractivity contribution in [3.63, 3.8) is 0 Å². The number of carboxylic acid groups (broad SMARTS) is 1. The van der Waals surface area contributed by atoms with Crippen molar-refractivity contribution < 1.29 is 19.1 Å². The molecule has 32 heavy (non-hydrogen) atoms. The van der Waals surface area contributed by atoms with E-state index in [2.05, 4.69) is 15.6 Å². The summed E-state index contributed by atoms with van der Waals surface area (Å²) in [6.45, 7) is 0. The quantitative estimate of drug-likeness (QED) is 0.356. The van der Waals surface area contributed by atoms with Crippen LogP contribution < -0.4 is 5.43 Å². The fraction of sp³-hybridized carbons (Fsp3) is 0. The number of rotatable bonds is 6. The van der Waals surface area contributed by atoms with Gasteiger partial charge in [-0.1, -0.05) is 30.3 Å². The number of carboxylic acids is 1. The maximum Gasteiger partial charge on any atom is 0.335 e. The van der Waals surface area contributed by atoms with E-state index < -0.39 is 17.7 Å². The average molecular weight is 428 g/mol. The van der Waals surface area contributed by atoms with Crippen molar-refractivity contribution in [1.82, 2.24) is 15.2 Å². The van der Waals surface area contributed by atoms with E-state index in [1.165, 1.54) is 42.6 Å². The molecule has 0 unspecified atom stereocenters. The Kier molecular flexibility index (Phi) is 5.85. The molecule has 1 aromatic heterocycles. The number of hydrogen-bond acceptors (Lipinski definition) is 4. The van der Waals surface area contributed by atoms with Crippen LogP contribution in [0.1, 0.15) is 26.3 Å². The summed E-state index contributed by atoms with van der Waals surface area (Å²) in [5, 5.41) is 17.7. The van der Waals surface area contributed by atoms with Gasteiger partial charge in [-0.05, 0) is 48.5 Å². The molecule has 0 aliphatic carbocycles. The second-order valence-electron chi connectivity index (χ2n) is 6.80. The zero-order chi connectivity index (χ0) is 22.5. The number of carbonyl (C=O) groups excluding carboxylic acids is 1. The lowest BCUT2D eigenvalue weighted by Crippen LogP contribution is -2.17. The molecule has 0 spiro atoms. The smallest absolute Gasteiger partial charge is 0.335 e. The lowest BCUT2D eigenvalue weighted by molar-refractivity contribution is 0.0696. The van der Waals surface area contributed by atoms with E-state index in [0.717, 1.165) is 5.56 Å². The van der Waals surface area contributed by atoms with Gasteiger partial charge in [0.1, 0.15) is 11.5 Å². The second-order valence-corrected chi connectivity index (χ2v) is 6.80. The Hall–Kier alpha value is -4.59. The molecule has 0 radical (unpaired) electrons. The van der Waals surface area contributed by atoms with Crippen molar-refractivity contribution in [2.45, 2.75) is 0 Å². The van der Waals surface area contributed by atoms with E-state index in [9.17, 15) is 14.0 Å². The Morgan fingerprint density at radius 3 is 2.25 bits per heavy atom. The molecule has 0 bridgehead atoms. The molecule has 1 amide bonds. The topological polar surface area (TPSA) is 96.6 Å². The van der Waals surface area contributed by atoms with E-state index >= 15 is 0 Å². The first-order valence-corrected chi connectivity index (χ1v) is 9.59. The highest BCUT2D eigenvalue weighted by molar-refractivity contribution is 5.95. The number of aromatic nitrogens is 2. The molecule has 4 rings (SSSR count). The van der Waals surface area contributed by atoms with Gasteiger partial charge >= 0.3 is 5.97 Å². The highest BCUT2D eigenvalue weighted by Gasteiger charge is 2.12. The Bertz CT molecular complexity index is 1280. The van der Waals surface area contributed by atoms with Crippen LogP contribution >= 0.6 is 0 Å². The average Bonchev–Trinajstić information content (AvgIpc) is 3.24. The van der Waals surface area contributed by atoms with Gasteiger partial charge in [-0.15, -0.1) is 0 Å². The molecule has 7 nitrogen and oxygen atoms in total. The SMILES string of the molecule is O=C(O)c1ccc(-n2cc(/C=N/NC(=O)c3ccc(F)cc3)c(-c3ccccc3)n2)cc1. The van der Waals surface area contributed by atoms with E-state index in [1.54, 1.807) is 23.0 Å². The van der Waals surface area contributed by atoms with Gasteiger partial charge in [0.25, 0.3) is 5.91 Å². The van der Waals surface area contributed by atoms with Crippen LogP contribution in [0.5, 0.6) is 0 Å². The van der Waals surface area contributed by atoms with Crippen LogP contribution in [0.25, 0.3) is 16.9 Å². The molecule has 8 heteroatoms. The molecule has 0 fully saturated rings. The largest absolute Gasteiger partial charge is 0.478 e. The first-order chi connectivity index (χ1) is 15.5. The number of nitrogens with zero attached hydrogens (tertiary/aromatic N) is 3. The van der Waals surface area contributed by atoms with Gasteiger partial charge in [-0.25, -0.2) is 19.3 Å². The fourth-order valence-corrected chi connectivity index (χ4v) is 3.02. The van der Waals surface area contributed by atoms with Gasteiger partial charge in [0, 0.05) is 22.9 Å². The minimum absolute atomic E-state index is 0.175. The minimum Gasteiger partial charge on any atom is -0.478 e. The van der Waals surface area contributed by atoms with E-state index in [4.69, 9.17) is 5.11 Å². The molecule has 3 aromatic carbocycles. The van der Waals surface area contributed by atoms with Crippen LogP contribution in [0.3, 0.4) is 0 Å². The molecule has 0 atom stereocenters. The van der Waals surface area contributed by atoms with Gasteiger partial charge in [-0.2, -0.15) is 10.2 Å². The predicted octanol–water partition coefficient (Wildman–Crippen LogP) is 4.14. The molecule has 4 aromatic rings. The first-order valence-electron chi connectivity index (χ1n) is 9.59. The van der Waals surface area contributed by atoms with Gasteiger partial charge in [0.05, 0.1) is 17.5 Å². The minimum atomic E-state index is -1.01. The van der Waals surface area contributed by atoms with Crippen LogP contribution in [-0.4, -0.2) is 33.0 Å². The summed E-state index contributed by atoms with van der Waals surface area (Å²) in [5.74, 6) is -1.91. The van der Waals surface area contributed by atoms with Crippen LogP contribution in [-0.2, 0) is 0 Å². The summed E-state index contributed by atoms with van der Waals surface area (Å²) in [6.07, 6.45) is 3.20. The Balaban J connectivity index is 1.62. The number of hydrazone groups is 1. The zero-order valence-electron chi connectivity index (χ0n) is 16.6. The number of halogens is 1. The van der Waals surface area contributed by atoms with E-state index in [-0.39, 0.29) is 11.1 Å². The van der Waals surface area contributed by atoms with Crippen molar-refractivity contribution in [1.29, 1.82) is 0 Å². The molecule has 1 heterocycles. The van der Waals surface area contributed by atoms with E-state index in [1.807, 2.05) is 30.3 Å². The van der Waals surface area contributed by atoms with Crippen molar-refractivity contribution in [2.75, 3.05) is 0 Å². The standard InChI is InChI=1S/C24H17FN4O3/c25-20-10-6-17(7-11-20)23(30)27-26-14-19-15-29(21-12-8-18(9-13-21)24(31)32)28-22(19)16-4-2-1-3-5-16/h1-15H,(H,27,30)(H,31,32)/b26-14+. The lowest BCUT2D eigenvalue weighted by atomic mass is 10.1.